The summed E-state index contributed by atoms with van der Waals surface area (Å²) in [6.45, 7) is 2.87. The lowest BCUT2D eigenvalue weighted by molar-refractivity contribution is 0.518. The summed E-state index contributed by atoms with van der Waals surface area (Å²) in [6.07, 6.45) is 1.00. The fourth-order valence-electron chi connectivity index (χ4n) is 2.08. The van der Waals surface area contributed by atoms with Gasteiger partial charge in [0.25, 0.3) is 0 Å². The van der Waals surface area contributed by atoms with Crippen molar-refractivity contribution < 1.29 is 4.39 Å². The summed E-state index contributed by atoms with van der Waals surface area (Å²) in [5.41, 5.74) is 2.32. The third-order valence-corrected chi connectivity index (χ3v) is 4.35. The minimum atomic E-state index is -0.228. The Kier molecular flexibility index (Phi) is 5.75. The summed E-state index contributed by atoms with van der Waals surface area (Å²) >= 11 is 6.66. The summed E-state index contributed by atoms with van der Waals surface area (Å²) in [4.78, 5) is 0. The van der Waals surface area contributed by atoms with Gasteiger partial charge in [-0.15, -0.1) is 0 Å². The van der Waals surface area contributed by atoms with Crippen LogP contribution in [0.25, 0.3) is 0 Å². The van der Waals surface area contributed by atoms with E-state index < -0.39 is 0 Å². The number of hydrogen-bond donors (Lipinski definition) is 1. The Bertz CT molecular complexity index is 569. The summed E-state index contributed by atoms with van der Waals surface area (Å²) < 4.78 is 14.8. The van der Waals surface area contributed by atoms with Crippen LogP contribution in [-0.2, 0) is 6.54 Å². The van der Waals surface area contributed by atoms with Gasteiger partial charge in [0, 0.05) is 17.1 Å². The van der Waals surface area contributed by atoms with Crippen LogP contribution in [-0.4, -0.2) is 0 Å². The van der Waals surface area contributed by atoms with E-state index in [1.165, 1.54) is 11.6 Å². The first-order valence-corrected chi connectivity index (χ1v) is 8.11. The minimum Gasteiger partial charge on any atom is -0.306 e. The van der Waals surface area contributed by atoms with Gasteiger partial charge in [0.2, 0.25) is 0 Å². The lowest BCUT2D eigenvalue weighted by atomic mass is 10.0. The summed E-state index contributed by atoms with van der Waals surface area (Å²) in [6, 6.07) is 13.7. The molecule has 2 rings (SSSR count). The van der Waals surface area contributed by atoms with E-state index in [2.05, 4.69) is 56.2 Å². The first-order chi connectivity index (χ1) is 9.60. The van der Waals surface area contributed by atoms with Crippen molar-refractivity contribution in [1.82, 2.24) is 5.32 Å². The van der Waals surface area contributed by atoms with E-state index in [1.54, 1.807) is 6.07 Å². The Morgan fingerprint density at radius 1 is 1.10 bits per heavy atom. The number of rotatable bonds is 5. The van der Waals surface area contributed by atoms with Crippen LogP contribution in [0.5, 0.6) is 0 Å². The fourth-order valence-corrected chi connectivity index (χ4v) is 2.77. The first kappa shape index (κ1) is 15.7. The third kappa shape index (κ3) is 4.14. The van der Waals surface area contributed by atoms with Crippen LogP contribution in [0.4, 0.5) is 4.39 Å². The van der Waals surface area contributed by atoms with Gasteiger partial charge in [-0.3, -0.25) is 0 Å². The number of nitrogens with one attached hydrogen (secondary N) is 1. The van der Waals surface area contributed by atoms with E-state index in [0.29, 0.717) is 17.1 Å². The molecule has 0 aliphatic heterocycles. The molecule has 0 amide bonds. The van der Waals surface area contributed by atoms with E-state index in [9.17, 15) is 4.39 Å². The molecule has 0 aliphatic carbocycles. The van der Waals surface area contributed by atoms with Crippen molar-refractivity contribution in [3.8, 4) is 0 Å². The van der Waals surface area contributed by atoms with E-state index in [4.69, 9.17) is 0 Å². The van der Waals surface area contributed by atoms with Gasteiger partial charge in [-0.2, -0.15) is 0 Å². The predicted octanol–water partition coefficient (Wildman–Crippen LogP) is 5.59. The van der Waals surface area contributed by atoms with Gasteiger partial charge in [0.15, 0.2) is 0 Å². The smallest absolute Gasteiger partial charge is 0.137 e. The van der Waals surface area contributed by atoms with Gasteiger partial charge in [-0.25, -0.2) is 4.39 Å². The van der Waals surface area contributed by atoms with Gasteiger partial charge in [-0.05, 0) is 57.7 Å². The Labute approximate surface area is 135 Å². The van der Waals surface area contributed by atoms with Crippen LogP contribution < -0.4 is 5.32 Å². The van der Waals surface area contributed by atoms with Crippen molar-refractivity contribution >= 4 is 31.9 Å². The molecule has 4 heteroatoms. The van der Waals surface area contributed by atoms with Crippen LogP contribution >= 0.6 is 31.9 Å². The largest absolute Gasteiger partial charge is 0.306 e. The van der Waals surface area contributed by atoms with E-state index >= 15 is 0 Å². The maximum absolute atomic E-state index is 13.2. The van der Waals surface area contributed by atoms with Gasteiger partial charge >= 0.3 is 0 Å². The second-order valence-electron chi connectivity index (χ2n) is 4.64. The summed E-state index contributed by atoms with van der Waals surface area (Å²) in [7, 11) is 0. The molecule has 0 spiro atoms. The van der Waals surface area contributed by atoms with Crippen molar-refractivity contribution in [3.63, 3.8) is 0 Å². The van der Waals surface area contributed by atoms with Crippen LogP contribution in [0.2, 0.25) is 0 Å². The zero-order valence-corrected chi connectivity index (χ0v) is 14.3. The van der Waals surface area contributed by atoms with Crippen molar-refractivity contribution in [3.05, 3.63) is 68.4 Å². The zero-order chi connectivity index (χ0) is 14.5. The highest BCUT2D eigenvalue weighted by Crippen LogP contribution is 2.21. The third-order valence-electron chi connectivity index (χ3n) is 3.22. The predicted molar refractivity (Wildman–Crippen MR) is 88.1 cm³/mol. The van der Waals surface area contributed by atoms with Gasteiger partial charge in [0.1, 0.15) is 5.82 Å². The molecule has 0 heterocycles. The lowest BCUT2D eigenvalue weighted by Gasteiger charge is -2.18. The number of benzene rings is 2. The van der Waals surface area contributed by atoms with E-state index in [0.717, 1.165) is 16.5 Å². The molecule has 0 saturated carbocycles. The summed E-state index contributed by atoms with van der Waals surface area (Å²) in [5, 5.41) is 3.51. The average molecular weight is 401 g/mol. The van der Waals surface area contributed by atoms with E-state index in [1.807, 2.05) is 18.2 Å². The van der Waals surface area contributed by atoms with Gasteiger partial charge in [-0.1, -0.05) is 41.1 Å². The molecule has 2 aromatic rings. The molecule has 1 unspecified atom stereocenters. The average Bonchev–Trinajstić information content (AvgIpc) is 2.45. The lowest BCUT2D eigenvalue weighted by Crippen LogP contribution is -2.20. The maximum Gasteiger partial charge on any atom is 0.137 e. The molecule has 106 valence electrons. The second kappa shape index (κ2) is 7.34. The Morgan fingerprint density at radius 3 is 2.40 bits per heavy atom. The Balaban J connectivity index is 2.03. The van der Waals surface area contributed by atoms with Crippen LogP contribution in [0, 0.1) is 5.82 Å². The normalized spacial score (nSPS) is 12.4. The van der Waals surface area contributed by atoms with Crippen molar-refractivity contribution in [1.29, 1.82) is 0 Å². The second-order valence-corrected chi connectivity index (χ2v) is 6.41. The molecule has 2 aromatic carbocycles. The highest BCUT2D eigenvalue weighted by Gasteiger charge is 2.09. The topological polar surface area (TPSA) is 12.0 Å². The SMILES string of the molecule is CCC(NCc1ccc(F)c(Br)c1)c1ccc(Br)cc1. The van der Waals surface area contributed by atoms with Gasteiger partial charge in [0.05, 0.1) is 4.47 Å². The highest BCUT2D eigenvalue weighted by molar-refractivity contribution is 9.10. The fraction of sp³-hybridized carbons (Fsp3) is 0.250. The molecule has 0 aliphatic rings. The highest BCUT2D eigenvalue weighted by atomic mass is 79.9. The molecule has 20 heavy (non-hydrogen) atoms. The maximum atomic E-state index is 13.2. The Morgan fingerprint density at radius 2 is 1.80 bits per heavy atom. The molecule has 0 radical (unpaired) electrons. The Hall–Kier alpha value is -0.710. The molecule has 1 nitrogen and oxygen atoms in total. The van der Waals surface area contributed by atoms with Crippen molar-refractivity contribution in [2.75, 3.05) is 0 Å². The molecule has 1 atom stereocenters. The van der Waals surface area contributed by atoms with Crippen LogP contribution in [0.15, 0.2) is 51.4 Å². The van der Waals surface area contributed by atoms with Crippen molar-refractivity contribution in [2.45, 2.75) is 25.9 Å². The number of halogens is 3. The van der Waals surface area contributed by atoms with Crippen LogP contribution in [0.3, 0.4) is 0 Å². The van der Waals surface area contributed by atoms with Crippen LogP contribution in [0.1, 0.15) is 30.5 Å². The monoisotopic (exact) mass is 399 g/mol. The van der Waals surface area contributed by atoms with Gasteiger partial charge < -0.3 is 5.32 Å². The molecular formula is C16H16Br2FN. The van der Waals surface area contributed by atoms with E-state index in [-0.39, 0.29) is 5.82 Å². The minimum absolute atomic E-state index is 0.228. The van der Waals surface area contributed by atoms with Crippen molar-refractivity contribution in [2.24, 2.45) is 0 Å². The molecule has 0 saturated heterocycles. The molecular weight excluding hydrogens is 385 g/mol. The quantitative estimate of drug-likeness (QED) is 0.689. The molecule has 0 fully saturated rings. The number of hydrogen-bond acceptors (Lipinski definition) is 1. The zero-order valence-electron chi connectivity index (χ0n) is 11.2. The standard InChI is InChI=1S/C16H16Br2FN/c1-2-16(12-4-6-13(17)7-5-12)20-10-11-3-8-15(19)14(18)9-11/h3-9,16,20H,2,10H2,1H3. The molecule has 0 aromatic heterocycles. The first-order valence-electron chi connectivity index (χ1n) is 6.53. The summed E-state index contributed by atoms with van der Waals surface area (Å²) in [5.74, 6) is -0.228. The molecule has 1 N–H and O–H groups in total. The molecule has 0 bridgehead atoms.